The molecule has 1 aliphatic rings. The first-order valence-electron chi connectivity index (χ1n) is 3.08. The molecule has 0 radical (unpaired) electrons. The average molecular weight is 180 g/mol. The summed E-state index contributed by atoms with van der Waals surface area (Å²) in [6.07, 6.45) is -2.16. The minimum atomic E-state index is -1.29. The fraction of sp³-hybridized carbons (Fsp3) is 0.800. The zero-order chi connectivity index (χ0) is 8.43. The van der Waals surface area contributed by atoms with Crippen LogP contribution < -0.4 is 0 Å². The van der Waals surface area contributed by atoms with E-state index in [0.717, 1.165) is 0 Å². The van der Waals surface area contributed by atoms with Crippen LogP contribution in [-0.2, 0) is 9.53 Å². The molecule has 0 aromatic heterocycles. The van der Waals surface area contributed by atoms with Crippen LogP contribution in [0.4, 0.5) is 0 Å². The third-order valence-electron chi connectivity index (χ3n) is 1.51. The van der Waals surface area contributed by atoms with Gasteiger partial charge in [-0.05, 0) is 0 Å². The molecule has 0 aliphatic carbocycles. The molecule has 0 bridgehead atoms. The number of carbonyl (C=O) groups excluding carboxylic acids is 1. The Morgan fingerprint density at radius 1 is 1.64 bits per heavy atom. The molecular formula is C5H9O5P. The van der Waals surface area contributed by atoms with Crippen molar-refractivity contribution in [3.63, 3.8) is 0 Å². The van der Waals surface area contributed by atoms with E-state index >= 15 is 0 Å². The van der Waals surface area contributed by atoms with Gasteiger partial charge in [0.1, 0.15) is 12.2 Å². The van der Waals surface area contributed by atoms with Crippen LogP contribution in [0.5, 0.6) is 0 Å². The first-order chi connectivity index (χ1) is 5.20. The van der Waals surface area contributed by atoms with Gasteiger partial charge >= 0.3 is 0 Å². The maximum Gasteiger partial charge on any atom is 0.199 e. The summed E-state index contributed by atoms with van der Waals surface area (Å²) in [6.45, 7) is -0.409. The van der Waals surface area contributed by atoms with E-state index in [-0.39, 0.29) is 0 Å². The summed E-state index contributed by atoms with van der Waals surface area (Å²) in [5.74, 6) is -1.49. The Hall–Kier alpha value is -0.0600. The molecule has 11 heavy (non-hydrogen) atoms. The number of Topliss-reactive ketones (excluding diaryl/α,β-unsaturated/α-hetero) is 1. The lowest BCUT2D eigenvalue weighted by Gasteiger charge is -2.07. The van der Waals surface area contributed by atoms with Crippen LogP contribution in [0.3, 0.4) is 0 Å². The fourth-order valence-corrected chi connectivity index (χ4v) is 1.43. The molecule has 0 aromatic rings. The summed E-state index contributed by atoms with van der Waals surface area (Å²) in [5, 5.41) is 17.6. The summed E-state index contributed by atoms with van der Waals surface area (Å²) < 4.78 is 4.80. The summed E-state index contributed by atoms with van der Waals surface area (Å²) in [4.78, 5) is 19.4. The molecular weight excluding hydrogens is 171 g/mol. The van der Waals surface area contributed by atoms with Crippen LogP contribution in [0.15, 0.2) is 0 Å². The lowest BCUT2D eigenvalue weighted by Crippen LogP contribution is -2.29. The van der Waals surface area contributed by atoms with Gasteiger partial charge < -0.3 is 19.8 Å². The van der Waals surface area contributed by atoms with Crippen molar-refractivity contribution in [2.24, 2.45) is 0 Å². The molecule has 4 atom stereocenters. The van der Waals surface area contributed by atoms with Crippen LogP contribution in [0, 0.1) is 0 Å². The minimum absolute atomic E-state index is 0.409. The van der Waals surface area contributed by atoms with Crippen LogP contribution in [-0.4, -0.2) is 45.5 Å². The van der Waals surface area contributed by atoms with Crippen LogP contribution >= 0.6 is 8.81 Å². The van der Waals surface area contributed by atoms with Crippen molar-refractivity contribution in [3.05, 3.63) is 0 Å². The van der Waals surface area contributed by atoms with Gasteiger partial charge in [-0.2, -0.15) is 0 Å². The molecule has 6 heteroatoms. The minimum Gasteiger partial charge on any atom is -0.394 e. The number of aliphatic hydroxyl groups is 2. The number of rotatable bonds is 2. The van der Waals surface area contributed by atoms with Gasteiger partial charge in [0.15, 0.2) is 11.6 Å². The third kappa shape index (κ3) is 1.58. The lowest BCUT2D eigenvalue weighted by atomic mass is 10.2. The normalized spacial score (nSPS) is 39.2. The van der Waals surface area contributed by atoms with Crippen molar-refractivity contribution >= 4 is 14.6 Å². The van der Waals surface area contributed by atoms with E-state index in [4.69, 9.17) is 19.8 Å². The molecule has 0 aromatic carbocycles. The van der Waals surface area contributed by atoms with E-state index in [0.29, 0.717) is 0 Å². The van der Waals surface area contributed by atoms with Crippen molar-refractivity contribution < 1.29 is 24.6 Å². The maximum atomic E-state index is 10.9. The van der Waals surface area contributed by atoms with Gasteiger partial charge in [-0.1, -0.05) is 0 Å². The highest BCUT2D eigenvalue weighted by Crippen LogP contribution is 2.27. The topological polar surface area (TPSA) is 87.0 Å². The van der Waals surface area contributed by atoms with Gasteiger partial charge in [0.05, 0.1) is 6.61 Å². The van der Waals surface area contributed by atoms with Gasteiger partial charge in [-0.15, -0.1) is 0 Å². The van der Waals surface area contributed by atoms with Crippen LogP contribution in [0.25, 0.3) is 0 Å². The van der Waals surface area contributed by atoms with Gasteiger partial charge in [-0.25, -0.2) is 0 Å². The molecule has 1 rings (SSSR count). The van der Waals surface area contributed by atoms with Gasteiger partial charge in [0.2, 0.25) is 0 Å². The van der Waals surface area contributed by atoms with E-state index in [1.807, 2.05) is 0 Å². The van der Waals surface area contributed by atoms with Gasteiger partial charge in [0, 0.05) is 8.81 Å². The van der Waals surface area contributed by atoms with E-state index < -0.39 is 39.3 Å². The summed E-state index contributed by atoms with van der Waals surface area (Å²) in [7, 11) is -0.676. The molecule has 1 saturated heterocycles. The smallest absolute Gasteiger partial charge is 0.199 e. The van der Waals surface area contributed by atoms with Crippen molar-refractivity contribution in [2.45, 2.75) is 18.1 Å². The van der Waals surface area contributed by atoms with Crippen LogP contribution in [0.1, 0.15) is 0 Å². The van der Waals surface area contributed by atoms with E-state index in [2.05, 4.69) is 0 Å². The third-order valence-corrected chi connectivity index (χ3v) is 2.17. The molecule has 0 saturated carbocycles. The molecule has 1 heterocycles. The number of hydrogen-bond donors (Lipinski definition) is 3. The number of carbonyl (C=O) groups is 1. The van der Waals surface area contributed by atoms with Crippen LogP contribution in [0.2, 0.25) is 0 Å². The molecule has 3 N–H and O–H groups in total. The van der Waals surface area contributed by atoms with Gasteiger partial charge in [0.25, 0.3) is 0 Å². The van der Waals surface area contributed by atoms with E-state index in [9.17, 15) is 4.79 Å². The molecule has 2 unspecified atom stereocenters. The van der Waals surface area contributed by atoms with E-state index in [1.54, 1.807) is 0 Å². The average Bonchev–Trinajstić information content (AvgIpc) is 2.30. The standard InChI is InChI=1S/C5H9O5P/c6-1-2-3(7)4(8)5(10-2)11-9/h2-3,5-7,9,11H,1H2/t2-,3-,5?/m1/s1. The molecule has 0 spiro atoms. The first-order valence-corrected chi connectivity index (χ1v) is 4.11. The Labute approximate surface area is 64.9 Å². The molecule has 0 amide bonds. The monoisotopic (exact) mass is 180 g/mol. The number of ether oxygens (including phenoxy) is 1. The lowest BCUT2D eigenvalue weighted by molar-refractivity contribution is -0.124. The zero-order valence-electron chi connectivity index (χ0n) is 5.60. The Balaban J connectivity index is 2.61. The Morgan fingerprint density at radius 3 is 2.55 bits per heavy atom. The highest BCUT2D eigenvalue weighted by atomic mass is 31.1. The Bertz CT molecular complexity index is 157. The SMILES string of the molecule is O=C1C(PO)O[C@H](CO)[C@H]1O. The molecule has 1 fully saturated rings. The summed E-state index contributed by atoms with van der Waals surface area (Å²) in [5.41, 5.74) is 0. The molecule has 64 valence electrons. The van der Waals surface area contributed by atoms with E-state index in [1.165, 1.54) is 0 Å². The largest absolute Gasteiger partial charge is 0.394 e. The Kier molecular flexibility index (Phi) is 2.92. The van der Waals surface area contributed by atoms with Crippen molar-refractivity contribution in [1.82, 2.24) is 0 Å². The van der Waals surface area contributed by atoms with Crippen molar-refractivity contribution in [2.75, 3.05) is 6.61 Å². The van der Waals surface area contributed by atoms with Gasteiger partial charge in [-0.3, -0.25) is 4.79 Å². The number of hydrogen-bond acceptors (Lipinski definition) is 5. The highest BCUT2D eigenvalue weighted by molar-refractivity contribution is 7.33. The second-order valence-corrected chi connectivity index (χ2v) is 3.00. The molecule has 1 aliphatic heterocycles. The maximum absolute atomic E-state index is 10.9. The van der Waals surface area contributed by atoms with Crippen molar-refractivity contribution in [3.8, 4) is 0 Å². The Morgan fingerprint density at radius 2 is 2.27 bits per heavy atom. The second-order valence-electron chi connectivity index (χ2n) is 2.21. The number of ketones is 1. The molecule has 5 nitrogen and oxygen atoms in total. The summed E-state index contributed by atoms with van der Waals surface area (Å²) in [6, 6.07) is 0. The second kappa shape index (κ2) is 3.56. The zero-order valence-corrected chi connectivity index (χ0v) is 6.60. The summed E-state index contributed by atoms with van der Waals surface area (Å²) >= 11 is 0. The van der Waals surface area contributed by atoms with Crippen molar-refractivity contribution in [1.29, 1.82) is 0 Å². The quantitative estimate of drug-likeness (QED) is 0.437. The predicted molar refractivity (Wildman–Crippen MR) is 37.3 cm³/mol. The predicted octanol–water partition coefficient (Wildman–Crippen LogP) is -1.78. The highest BCUT2D eigenvalue weighted by Gasteiger charge is 2.41. The first kappa shape index (κ1) is 9.03. The number of aliphatic hydroxyl groups excluding tert-OH is 2. The fourth-order valence-electron chi connectivity index (χ4n) is 0.892.